The minimum absolute atomic E-state index is 0.731. The molecule has 0 saturated carbocycles. The Morgan fingerprint density at radius 2 is 2.00 bits per heavy atom. The third-order valence-corrected chi connectivity index (χ3v) is 2.41. The van der Waals surface area contributed by atoms with Crippen molar-refractivity contribution in [1.29, 1.82) is 0 Å². The molecule has 0 amide bonds. The second-order valence-electron chi connectivity index (χ2n) is 3.97. The molecule has 2 heteroatoms. The Labute approximate surface area is 92.6 Å². The van der Waals surface area contributed by atoms with Crippen LogP contribution in [-0.2, 0) is 0 Å². The molecule has 0 aliphatic carbocycles. The molecular weight excluding hydrogens is 186 g/mol. The van der Waals surface area contributed by atoms with Gasteiger partial charge in [0.15, 0.2) is 0 Å². The van der Waals surface area contributed by atoms with E-state index in [9.17, 15) is 0 Å². The van der Waals surface area contributed by atoms with Crippen molar-refractivity contribution in [2.45, 2.75) is 19.8 Å². The van der Waals surface area contributed by atoms with Crippen LogP contribution in [0.25, 0.3) is 0 Å². The normalized spacial score (nSPS) is 12.4. The van der Waals surface area contributed by atoms with Crippen LogP contribution in [0.15, 0.2) is 30.3 Å². The molecule has 1 aromatic rings. The lowest BCUT2D eigenvalue weighted by Gasteiger charge is -2.10. The second kappa shape index (κ2) is 7.30. The van der Waals surface area contributed by atoms with E-state index in [0.29, 0.717) is 0 Å². The minimum atomic E-state index is 0.731. The Kier molecular flexibility index (Phi) is 5.86. The molecule has 0 heterocycles. The highest BCUT2D eigenvalue weighted by molar-refractivity contribution is 5.20. The van der Waals surface area contributed by atoms with Gasteiger partial charge in [-0.25, -0.2) is 0 Å². The monoisotopic (exact) mass is 207 g/mol. The molecule has 1 N–H and O–H groups in total. The van der Waals surface area contributed by atoms with Crippen molar-refractivity contribution in [1.82, 2.24) is 5.32 Å². The number of hydrogen-bond donors (Lipinski definition) is 1. The molecular formula is C13H21NO. The fourth-order valence-corrected chi connectivity index (χ4v) is 1.59. The maximum Gasteiger partial charge on any atom is 0.119 e. The molecule has 1 atom stereocenters. The highest BCUT2D eigenvalue weighted by atomic mass is 16.5. The predicted octanol–water partition coefficient (Wildman–Crippen LogP) is 2.70. The molecule has 1 rings (SSSR count). The third kappa shape index (κ3) is 5.43. The summed E-state index contributed by atoms with van der Waals surface area (Å²) in [6.45, 7) is 4.17. The first-order valence-electron chi connectivity index (χ1n) is 5.65. The number of para-hydroxylation sites is 1. The van der Waals surface area contributed by atoms with Gasteiger partial charge in [0.1, 0.15) is 5.75 Å². The van der Waals surface area contributed by atoms with Crippen LogP contribution in [0.4, 0.5) is 0 Å². The molecule has 2 nitrogen and oxygen atoms in total. The van der Waals surface area contributed by atoms with Crippen molar-refractivity contribution >= 4 is 0 Å². The van der Waals surface area contributed by atoms with Gasteiger partial charge in [0.05, 0.1) is 6.61 Å². The number of hydrogen-bond acceptors (Lipinski definition) is 2. The average molecular weight is 207 g/mol. The average Bonchev–Trinajstić information content (AvgIpc) is 2.26. The van der Waals surface area contributed by atoms with Crippen molar-refractivity contribution in [2.24, 2.45) is 5.92 Å². The predicted molar refractivity (Wildman–Crippen MR) is 64.3 cm³/mol. The van der Waals surface area contributed by atoms with Gasteiger partial charge in [-0.15, -0.1) is 0 Å². The first kappa shape index (κ1) is 12.1. The molecule has 1 aromatic carbocycles. The minimum Gasteiger partial charge on any atom is -0.494 e. The van der Waals surface area contributed by atoms with Gasteiger partial charge in [0, 0.05) is 0 Å². The van der Waals surface area contributed by atoms with Crippen molar-refractivity contribution in [2.75, 3.05) is 20.2 Å². The molecule has 0 aromatic heterocycles. The molecule has 0 aliphatic rings. The zero-order chi connectivity index (χ0) is 10.9. The fraction of sp³-hybridized carbons (Fsp3) is 0.538. The largest absolute Gasteiger partial charge is 0.494 e. The molecule has 0 fully saturated rings. The number of benzene rings is 1. The molecule has 0 bridgehead atoms. The topological polar surface area (TPSA) is 21.3 Å². The quantitative estimate of drug-likeness (QED) is 0.694. The lowest BCUT2D eigenvalue weighted by atomic mass is 10.1. The van der Waals surface area contributed by atoms with Gasteiger partial charge < -0.3 is 10.1 Å². The molecule has 0 radical (unpaired) electrons. The molecule has 0 aliphatic heterocycles. The van der Waals surface area contributed by atoms with E-state index in [1.54, 1.807) is 0 Å². The third-order valence-electron chi connectivity index (χ3n) is 2.41. The van der Waals surface area contributed by atoms with Gasteiger partial charge in [-0.2, -0.15) is 0 Å². The summed E-state index contributed by atoms with van der Waals surface area (Å²) in [5, 5.41) is 3.19. The molecule has 0 spiro atoms. The summed E-state index contributed by atoms with van der Waals surface area (Å²) >= 11 is 0. The van der Waals surface area contributed by atoms with E-state index >= 15 is 0 Å². The summed E-state index contributed by atoms with van der Waals surface area (Å²) in [6, 6.07) is 9.99. The van der Waals surface area contributed by atoms with E-state index in [4.69, 9.17) is 4.74 Å². The first-order valence-corrected chi connectivity index (χ1v) is 5.65. The molecule has 84 valence electrons. The van der Waals surface area contributed by atoms with Crippen LogP contribution in [0.3, 0.4) is 0 Å². The Hall–Kier alpha value is -1.02. The Morgan fingerprint density at radius 1 is 1.27 bits per heavy atom. The van der Waals surface area contributed by atoms with Gasteiger partial charge in [-0.3, -0.25) is 0 Å². The van der Waals surface area contributed by atoms with E-state index in [2.05, 4.69) is 12.2 Å². The zero-order valence-electron chi connectivity index (χ0n) is 9.70. The number of rotatable bonds is 7. The van der Waals surface area contributed by atoms with Crippen LogP contribution < -0.4 is 10.1 Å². The molecule has 1 unspecified atom stereocenters. The maximum atomic E-state index is 5.61. The summed E-state index contributed by atoms with van der Waals surface area (Å²) in [7, 11) is 2.00. The second-order valence-corrected chi connectivity index (χ2v) is 3.97. The summed E-state index contributed by atoms with van der Waals surface area (Å²) in [4.78, 5) is 0. The van der Waals surface area contributed by atoms with Crippen molar-refractivity contribution in [3.05, 3.63) is 30.3 Å². The van der Waals surface area contributed by atoms with E-state index in [1.165, 1.54) is 6.42 Å². The smallest absolute Gasteiger partial charge is 0.119 e. The zero-order valence-corrected chi connectivity index (χ0v) is 9.70. The van der Waals surface area contributed by atoms with Crippen LogP contribution in [0, 0.1) is 5.92 Å². The van der Waals surface area contributed by atoms with Gasteiger partial charge >= 0.3 is 0 Å². The Morgan fingerprint density at radius 3 is 2.67 bits per heavy atom. The van der Waals surface area contributed by atoms with Gasteiger partial charge in [0.2, 0.25) is 0 Å². The van der Waals surface area contributed by atoms with Gasteiger partial charge in [-0.05, 0) is 44.5 Å². The van der Waals surface area contributed by atoms with Crippen molar-refractivity contribution in [3.63, 3.8) is 0 Å². The highest BCUT2D eigenvalue weighted by Gasteiger charge is 2.00. The van der Waals surface area contributed by atoms with E-state index in [0.717, 1.165) is 31.2 Å². The Bertz CT molecular complexity index is 248. The van der Waals surface area contributed by atoms with Gasteiger partial charge in [0.25, 0.3) is 0 Å². The summed E-state index contributed by atoms with van der Waals surface area (Å²) in [5.74, 6) is 1.70. The summed E-state index contributed by atoms with van der Waals surface area (Å²) in [6.07, 6.45) is 2.34. The van der Waals surface area contributed by atoms with Crippen molar-refractivity contribution in [3.8, 4) is 5.75 Å². The van der Waals surface area contributed by atoms with Crippen LogP contribution in [0.5, 0.6) is 5.75 Å². The highest BCUT2D eigenvalue weighted by Crippen LogP contribution is 2.10. The standard InChI is InChI=1S/C13H21NO/c1-12(11-14-2)7-6-10-15-13-8-4-3-5-9-13/h3-5,8-9,12,14H,6-7,10-11H2,1-2H3. The van der Waals surface area contributed by atoms with E-state index in [-0.39, 0.29) is 0 Å². The van der Waals surface area contributed by atoms with Crippen LogP contribution in [-0.4, -0.2) is 20.2 Å². The number of nitrogens with one attached hydrogen (secondary N) is 1. The fourth-order valence-electron chi connectivity index (χ4n) is 1.59. The lowest BCUT2D eigenvalue weighted by molar-refractivity contribution is 0.294. The SMILES string of the molecule is CNCC(C)CCCOc1ccccc1. The molecule has 0 saturated heterocycles. The Balaban J connectivity index is 2.07. The maximum absolute atomic E-state index is 5.61. The summed E-state index contributed by atoms with van der Waals surface area (Å²) < 4.78 is 5.61. The van der Waals surface area contributed by atoms with Crippen LogP contribution in [0.1, 0.15) is 19.8 Å². The van der Waals surface area contributed by atoms with Crippen molar-refractivity contribution < 1.29 is 4.74 Å². The van der Waals surface area contributed by atoms with Crippen LogP contribution in [0.2, 0.25) is 0 Å². The first-order chi connectivity index (χ1) is 7.33. The van der Waals surface area contributed by atoms with Crippen LogP contribution >= 0.6 is 0 Å². The van der Waals surface area contributed by atoms with E-state index in [1.807, 2.05) is 37.4 Å². The molecule has 15 heavy (non-hydrogen) atoms. The van der Waals surface area contributed by atoms with Gasteiger partial charge in [-0.1, -0.05) is 25.1 Å². The van der Waals surface area contributed by atoms with E-state index < -0.39 is 0 Å². The summed E-state index contributed by atoms with van der Waals surface area (Å²) in [5.41, 5.74) is 0. The number of ether oxygens (including phenoxy) is 1. The lowest BCUT2D eigenvalue weighted by Crippen LogP contribution is -2.16.